The molecule has 0 fully saturated rings. The molecule has 2 heterocycles. The van der Waals surface area contributed by atoms with Gasteiger partial charge in [-0.2, -0.15) is 10.2 Å². The van der Waals surface area contributed by atoms with Gasteiger partial charge in [0.15, 0.2) is 5.69 Å². The van der Waals surface area contributed by atoms with E-state index >= 15 is 0 Å². The lowest BCUT2D eigenvalue weighted by Gasteiger charge is -2.10. The minimum Gasteiger partial charge on any atom is -0.267 e. The van der Waals surface area contributed by atoms with Crippen molar-refractivity contribution in [3.05, 3.63) is 93.1 Å². The predicted octanol–water partition coefficient (Wildman–Crippen LogP) is 2.39. The molecule has 4 aromatic rings. The van der Waals surface area contributed by atoms with Crippen LogP contribution in [0.4, 0.5) is 0 Å². The molecule has 0 atom stereocenters. The van der Waals surface area contributed by atoms with Gasteiger partial charge in [0.1, 0.15) is 0 Å². The normalized spacial score (nSPS) is 10.8. The van der Waals surface area contributed by atoms with Gasteiger partial charge in [0.05, 0.1) is 23.7 Å². The number of hydrazine groups is 1. The van der Waals surface area contributed by atoms with E-state index in [9.17, 15) is 14.4 Å². The number of aryl methyl sites for hydroxylation is 1. The Hall–Kier alpha value is -3.98. The Kier molecular flexibility index (Phi) is 6.00. The van der Waals surface area contributed by atoms with Gasteiger partial charge in [-0.25, -0.2) is 4.68 Å². The van der Waals surface area contributed by atoms with Crippen LogP contribution >= 0.6 is 11.6 Å². The van der Waals surface area contributed by atoms with Gasteiger partial charge < -0.3 is 0 Å². The zero-order valence-electron chi connectivity index (χ0n) is 17.1. The van der Waals surface area contributed by atoms with Crippen LogP contribution in [0.25, 0.3) is 10.8 Å². The molecule has 2 aromatic carbocycles. The molecule has 0 aliphatic carbocycles. The molecule has 162 valence electrons. The van der Waals surface area contributed by atoms with Crippen molar-refractivity contribution in [1.29, 1.82) is 0 Å². The van der Waals surface area contributed by atoms with Crippen molar-refractivity contribution in [1.82, 2.24) is 30.4 Å². The SMILES string of the molecule is CCn1nc(C(=O)NNC(=O)c2cnn(Cc3ccccc3Cl)c2)c2ccccc2c1=O. The second-order valence-electron chi connectivity index (χ2n) is 6.94. The highest BCUT2D eigenvalue weighted by molar-refractivity contribution is 6.31. The zero-order chi connectivity index (χ0) is 22.7. The van der Waals surface area contributed by atoms with Crippen LogP contribution in [0.2, 0.25) is 5.02 Å². The van der Waals surface area contributed by atoms with Crippen LogP contribution in [-0.2, 0) is 13.1 Å². The van der Waals surface area contributed by atoms with Crippen LogP contribution in [0.15, 0.2) is 65.7 Å². The largest absolute Gasteiger partial charge is 0.290 e. The topological polar surface area (TPSA) is 111 Å². The van der Waals surface area contributed by atoms with Crippen molar-refractivity contribution in [3.8, 4) is 0 Å². The zero-order valence-corrected chi connectivity index (χ0v) is 17.8. The summed E-state index contributed by atoms with van der Waals surface area (Å²) >= 11 is 6.16. The molecule has 32 heavy (non-hydrogen) atoms. The Labute approximate surface area is 187 Å². The number of benzene rings is 2. The number of amides is 2. The monoisotopic (exact) mass is 450 g/mol. The Morgan fingerprint density at radius 1 is 1.00 bits per heavy atom. The maximum atomic E-state index is 12.7. The van der Waals surface area contributed by atoms with Gasteiger partial charge in [-0.1, -0.05) is 48.0 Å². The number of carbonyl (C=O) groups excluding carboxylic acids is 2. The van der Waals surface area contributed by atoms with Crippen LogP contribution in [0, 0.1) is 0 Å². The molecule has 2 N–H and O–H groups in total. The first-order valence-corrected chi connectivity index (χ1v) is 10.2. The molecule has 0 bridgehead atoms. The van der Waals surface area contributed by atoms with Gasteiger partial charge in [-0.15, -0.1) is 0 Å². The van der Waals surface area contributed by atoms with E-state index < -0.39 is 11.8 Å². The molecule has 0 aliphatic heterocycles. The third-order valence-corrected chi connectivity index (χ3v) is 5.23. The summed E-state index contributed by atoms with van der Waals surface area (Å²) in [4.78, 5) is 37.6. The Morgan fingerprint density at radius 3 is 2.44 bits per heavy atom. The fourth-order valence-electron chi connectivity index (χ4n) is 3.23. The maximum Gasteiger partial charge on any atom is 0.290 e. The molecular weight excluding hydrogens is 432 g/mol. The third kappa shape index (κ3) is 4.23. The lowest BCUT2D eigenvalue weighted by atomic mass is 10.1. The first-order valence-electron chi connectivity index (χ1n) is 9.84. The molecule has 0 aliphatic rings. The lowest BCUT2D eigenvalue weighted by Crippen LogP contribution is -2.42. The first kappa shape index (κ1) is 21.3. The molecular formula is C22H19ClN6O3. The van der Waals surface area contributed by atoms with Gasteiger partial charge in [-0.3, -0.25) is 29.9 Å². The summed E-state index contributed by atoms with van der Waals surface area (Å²) in [5.41, 5.74) is 5.59. The summed E-state index contributed by atoms with van der Waals surface area (Å²) in [5.74, 6) is -1.18. The van der Waals surface area contributed by atoms with Crippen LogP contribution in [0.5, 0.6) is 0 Å². The van der Waals surface area contributed by atoms with Crippen LogP contribution in [0.1, 0.15) is 33.3 Å². The van der Waals surface area contributed by atoms with Gasteiger partial charge in [-0.05, 0) is 24.6 Å². The second-order valence-corrected chi connectivity index (χ2v) is 7.35. The van der Waals surface area contributed by atoms with Crippen molar-refractivity contribution in [2.45, 2.75) is 20.0 Å². The average Bonchev–Trinajstić information content (AvgIpc) is 3.28. The highest BCUT2D eigenvalue weighted by Crippen LogP contribution is 2.16. The van der Waals surface area contributed by atoms with Crippen LogP contribution in [-0.4, -0.2) is 31.4 Å². The molecule has 0 unspecified atom stereocenters. The van der Waals surface area contributed by atoms with Gasteiger partial charge in [0.25, 0.3) is 17.4 Å². The van der Waals surface area contributed by atoms with E-state index in [0.717, 1.165) is 5.56 Å². The summed E-state index contributed by atoms with van der Waals surface area (Å²) in [6.07, 6.45) is 2.94. The number of fused-ring (bicyclic) bond motifs is 1. The van der Waals surface area contributed by atoms with E-state index in [2.05, 4.69) is 21.0 Å². The highest BCUT2D eigenvalue weighted by atomic mass is 35.5. The molecule has 0 saturated heterocycles. The Balaban J connectivity index is 1.48. The number of hydrogen-bond acceptors (Lipinski definition) is 5. The Bertz CT molecular complexity index is 1380. The van der Waals surface area contributed by atoms with Gasteiger partial charge in [0, 0.05) is 23.2 Å². The molecule has 2 aromatic heterocycles. The molecule has 4 rings (SSSR count). The fourth-order valence-corrected chi connectivity index (χ4v) is 3.43. The lowest BCUT2D eigenvalue weighted by molar-refractivity contribution is 0.0843. The fraction of sp³-hybridized carbons (Fsp3) is 0.136. The van der Waals surface area contributed by atoms with E-state index in [0.29, 0.717) is 28.9 Å². The van der Waals surface area contributed by atoms with E-state index in [1.165, 1.54) is 10.9 Å². The Morgan fingerprint density at radius 2 is 1.69 bits per heavy atom. The van der Waals surface area contributed by atoms with Crippen LogP contribution < -0.4 is 16.4 Å². The molecule has 0 radical (unpaired) electrons. The summed E-state index contributed by atoms with van der Waals surface area (Å²) in [7, 11) is 0. The molecule has 9 nitrogen and oxygen atoms in total. The van der Waals surface area contributed by atoms with Crippen molar-refractivity contribution < 1.29 is 9.59 Å². The maximum absolute atomic E-state index is 12.7. The smallest absolute Gasteiger partial charge is 0.267 e. The number of halogens is 1. The summed E-state index contributed by atoms with van der Waals surface area (Å²) in [5, 5.41) is 9.69. The standard InChI is InChI=1S/C22H19ClN6O3/c1-2-29-22(32)17-9-5-4-8-16(17)19(27-29)21(31)26-25-20(30)15-11-24-28(13-15)12-14-7-3-6-10-18(14)23/h3-11,13H,2,12H2,1H3,(H,25,30)(H,26,31). The van der Waals surface area contributed by atoms with E-state index in [-0.39, 0.29) is 16.8 Å². The number of hydrogen-bond donors (Lipinski definition) is 2. The minimum atomic E-state index is -0.639. The molecule has 0 saturated carbocycles. The van der Waals surface area contributed by atoms with Crippen molar-refractivity contribution in [3.63, 3.8) is 0 Å². The van der Waals surface area contributed by atoms with Crippen molar-refractivity contribution >= 4 is 34.2 Å². The number of rotatable bonds is 5. The number of nitrogens with one attached hydrogen (secondary N) is 2. The minimum absolute atomic E-state index is 0.0387. The number of carbonyl (C=O) groups is 2. The third-order valence-electron chi connectivity index (χ3n) is 4.86. The van der Waals surface area contributed by atoms with Gasteiger partial charge >= 0.3 is 0 Å². The van der Waals surface area contributed by atoms with Crippen LogP contribution in [0.3, 0.4) is 0 Å². The van der Waals surface area contributed by atoms with E-state index in [4.69, 9.17) is 11.6 Å². The predicted molar refractivity (Wildman–Crippen MR) is 119 cm³/mol. The quantitative estimate of drug-likeness (QED) is 0.453. The first-order chi connectivity index (χ1) is 15.5. The highest BCUT2D eigenvalue weighted by Gasteiger charge is 2.17. The summed E-state index contributed by atoms with van der Waals surface area (Å²) in [6.45, 7) is 2.46. The number of nitrogens with zero attached hydrogens (tertiary/aromatic N) is 4. The number of aromatic nitrogens is 4. The second kappa shape index (κ2) is 9.03. The van der Waals surface area contributed by atoms with Crippen molar-refractivity contribution in [2.75, 3.05) is 0 Å². The molecule has 0 spiro atoms. The summed E-state index contributed by atoms with van der Waals surface area (Å²) < 4.78 is 2.78. The summed E-state index contributed by atoms with van der Waals surface area (Å²) in [6, 6.07) is 14.1. The van der Waals surface area contributed by atoms with Gasteiger partial charge in [0.2, 0.25) is 0 Å². The van der Waals surface area contributed by atoms with E-state index in [1.807, 2.05) is 18.2 Å². The molecule has 2 amide bonds. The molecule has 10 heteroatoms. The average molecular weight is 451 g/mol. The van der Waals surface area contributed by atoms with Crippen molar-refractivity contribution in [2.24, 2.45) is 0 Å². The van der Waals surface area contributed by atoms with E-state index in [1.54, 1.807) is 48.1 Å².